The molecule has 0 aromatic heterocycles. The number of fused-ring (bicyclic) bond motifs is 1. The highest BCUT2D eigenvalue weighted by Crippen LogP contribution is 2.45. The number of ether oxygens (including phenoxy) is 3. The van der Waals surface area contributed by atoms with E-state index in [1.165, 1.54) is 0 Å². The van der Waals surface area contributed by atoms with E-state index in [9.17, 15) is 9.18 Å². The molecule has 6 rings (SSSR count). The van der Waals surface area contributed by atoms with E-state index < -0.39 is 17.9 Å². The minimum Gasteiger partial charge on any atom is -0.493 e. The van der Waals surface area contributed by atoms with Crippen LogP contribution in [-0.4, -0.2) is 68.1 Å². The average molecular weight is 696 g/mol. The second-order valence-electron chi connectivity index (χ2n) is 13.8. The lowest BCUT2D eigenvalue weighted by Gasteiger charge is -2.34. The molecule has 2 fully saturated rings. The molecule has 0 saturated carbocycles. The molecular weight excluding hydrogens is 648 g/mol. The van der Waals surface area contributed by atoms with E-state index in [-0.39, 0.29) is 18.4 Å². The summed E-state index contributed by atoms with van der Waals surface area (Å²) in [6.45, 7) is 10.3. The van der Waals surface area contributed by atoms with Crippen molar-refractivity contribution in [3.05, 3.63) is 75.8 Å². The van der Waals surface area contributed by atoms with Crippen LogP contribution in [0.25, 0.3) is 11.1 Å². The number of hydrogen-bond donors (Lipinski definition) is 2. The summed E-state index contributed by atoms with van der Waals surface area (Å²) in [6, 6.07) is 15.6. The van der Waals surface area contributed by atoms with Crippen molar-refractivity contribution in [2.24, 2.45) is 0 Å². The molecule has 2 N–H and O–H groups in total. The Balaban J connectivity index is 1.13. The van der Waals surface area contributed by atoms with Gasteiger partial charge in [0.1, 0.15) is 29.1 Å². The number of alkyl halides is 2. The van der Waals surface area contributed by atoms with Crippen LogP contribution < -0.4 is 24.8 Å². The number of hydrogen-bond acceptors (Lipinski definition) is 6. The number of nitrogens with zero attached hydrogens (tertiary/aromatic N) is 1. The van der Waals surface area contributed by atoms with E-state index in [1.807, 2.05) is 50.2 Å². The first kappa shape index (κ1) is 35.4. The van der Waals surface area contributed by atoms with E-state index in [1.54, 1.807) is 13.0 Å². The van der Waals surface area contributed by atoms with Crippen molar-refractivity contribution in [1.82, 2.24) is 15.5 Å². The number of carbonyl (C=O) groups excluding carboxylic acids is 1. The van der Waals surface area contributed by atoms with Crippen molar-refractivity contribution in [3.8, 4) is 28.4 Å². The monoisotopic (exact) mass is 695 g/mol. The van der Waals surface area contributed by atoms with Crippen LogP contribution in [0.4, 0.5) is 8.78 Å². The smallest absolute Gasteiger partial charge is 0.220 e. The van der Waals surface area contributed by atoms with Crippen LogP contribution in [0.15, 0.2) is 48.5 Å². The Hall–Kier alpha value is -3.40. The lowest BCUT2D eigenvalue weighted by molar-refractivity contribution is -0.119. The van der Waals surface area contributed by atoms with Crippen LogP contribution in [-0.2, 0) is 17.8 Å². The summed E-state index contributed by atoms with van der Waals surface area (Å²) in [4.78, 5) is 13.8. The highest BCUT2D eigenvalue weighted by Gasteiger charge is 2.37. The zero-order valence-electron chi connectivity index (χ0n) is 28.8. The highest BCUT2D eigenvalue weighted by molar-refractivity contribution is 6.32. The summed E-state index contributed by atoms with van der Waals surface area (Å²) in [7, 11) is 0. The second kappa shape index (κ2) is 15.7. The quantitative estimate of drug-likeness (QED) is 0.169. The van der Waals surface area contributed by atoms with Crippen LogP contribution in [0.5, 0.6) is 17.2 Å². The Morgan fingerprint density at radius 3 is 2.59 bits per heavy atom. The first-order valence-corrected chi connectivity index (χ1v) is 18.0. The Labute approximate surface area is 293 Å². The molecule has 1 aliphatic carbocycles. The SMILES string of the molecule is CCOc1cc(O[C@@H]2c3cccc(-c4cccc(OCCCN5CCC(C)(F)CC5)c4C)c3C[C@@H]2F)c(Cl)cc1CNCC1CCC(=O)N1. The zero-order chi connectivity index (χ0) is 34.5. The van der Waals surface area contributed by atoms with Crippen LogP contribution in [0.1, 0.15) is 74.3 Å². The maximum atomic E-state index is 15.9. The van der Waals surface area contributed by atoms with Gasteiger partial charge < -0.3 is 29.7 Å². The number of benzene rings is 3. The van der Waals surface area contributed by atoms with Gasteiger partial charge in [0, 0.05) is 63.2 Å². The van der Waals surface area contributed by atoms with Gasteiger partial charge in [-0.15, -0.1) is 0 Å². The molecule has 3 atom stereocenters. The van der Waals surface area contributed by atoms with Gasteiger partial charge in [-0.05, 0) is 86.4 Å². The molecule has 0 spiro atoms. The molecule has 2 aliphatic heterocycles. The number of rotatable bonds is 14. The Morgan fingerprint density at radius 2 is 1.84 bits per heavy atom. The average Bonchev–Trinajstić information content (AvgIpc) is 3.64. The summed E-state index contributed by atoms with van der Waals surface area (Å²) in [5.74, 6) is 1.89. The van der Waals surface area contributed by atoms with E-state index >= 15 is 4.39 Å². The van der Waals surface area contributed by atoms with Gasteiger partial charge in [0.25, 0.3) is 0 Å². The third-order valence-electron chi connectivity index (χ3n) is 10.1. The predicted octanol–water partition coefficient (Wildman–Crippen LogP) is 7.69. The molecule has 3 aliphatic rings. The molecule has 3 aromatic carbocycles. The highest BCUT2D eigenvalue weighted by atomic mass is 35.5. The molecule has 10 heteroatoms. The fourth-order valence-electron chi connectivity index (χ4n) is 7.20. The number of carbonyl (C=O) groups is 1. The van der Waals surface area contributed by atoms with Crippen LogP contribution in [0.2, 0.25) is 5.02 Å². The maximum absolute atomic E-state index is 15.9. The number of amides is 1. The fraction of sp³-hybridized carbons (Fsp3) is 0.513. The molecule has 2 saturated heterocycles. The van der Waals surface area contributed by atoms with Gasteiger partial charge in [-0.1, -0.05) is 41.9 Å². The largest absolute Gasteiger partial charge is 0.493 e. The van der Waals surface area contributed by atoms with Crippen molar-refractivity contribution >= 4 is 17.5 Å². The van der Waals surface area contributed by atoms with E-state index in [0.717, 1.165) is 71.6 Å². The number of likely N-dealkylation sites (tertiary alicyclic amines) is 1. The number of halogens is 3. The predicted molar refractivity (Wildman–Crippen MR) is 189 cm³/mol. The van der Waals surface area contributed by atoms with Gasteiger partial charge in [0.15, 0.2) is 6.10 Å². The van der Waals surface area contributed by atoms with Gasteiger partial charge in [-0.2, -0.15) is 0 Å². The minimum absolute atomic E-state index is 0.0835. The van der Waals surface area contributed by atoms with Crippen molar-refractivity contribution in [1.29, 1.82) is 0 Å². The zero-order valence-corrected chi connectivity index (χ0v) is 29.5. The summed E-state index contributed by atoms with van der Waals surface area (Å²) in [6.07, 6.45) is 1.55. The number of piperidine rings is 1. The van der Waals surface area contributed by atoms with E-state index in [2.05, 4.69) is 21.6 Å². The third-order valence-corrected chi connectivity index (χ3v) is 10.4. The molecule has 3 aromatic rings. The summed E-state index contributed by atoms with van der Waals surface area (Å²) < 4.78 is 48.5. The number of nitrogens with one attached hydrogen (secondary N) is 2. The van der Waals surface area contributed by atoms with Crippen molar-refractivity contribution in [2.45, 2.75) is 89.8 Å². The normalized spacial score (nSPS) is 21.8. The molecule has 0 radical (unpaired) electrons. The first-order chi connectivity index (χ1) is 23.6. The molecule has 0 bridgehead atoms. The molecule has 1 amide bonds. The minimum atomic E-state index is -1.25. The molecule has 1 unspecified atom stereocenters. The van der Waals surface area contributed by atoms with Gasteiger partial charge in [-0.3, -0.25) is 4.79 Å². The van der Waals surface area contributed by atoms with Crippen LogP contribution >= 0.6 is 11.6 Å². The fourth-order valence-corrected chi connectivity index (χ4v) is 7.43. The lowest BCUT2D eigenvalue weighted by Crippen LogP contribution is -2.40. The Morgan fingerprint density at radius 1 is 1.06 bits per heavy atom. The van der Waals surface area contributed by atoms with Crippen molar-refractivity contribution in [3.63, 3.8) is 0 Å². The molecular formula is C39H48ClF2N3O4. The van der Waals surface area contributed by atoms with Crippen molar-refractivity contribution < 1.29 is 27.8 Å². The lowest BCUT2D eigenvalue weighted by atomic mass is 9.93. The van der Waals surface area contributed by atoms with Gasteiger partial charge in [0.05, 0.1) is 18.2 Å². The van der Waals surface area contributed by atoms with Gasteiger partial charge in [0.2, 0.25) is 5.91 Å². The van der Waals surface area contributed by atoms with E-state index in [0.29, 0.717) is 62.1 Å². The second-order valence-corrected chi connectivity index (χ2v) is 14.2. The molecule has 49 heavy (non-hydrogen) atoms. The summed E-state index contributed by atoms with van der Waals surface area (Å²) in [5.41, 5.74) is 4.53. The Bertz CT molecular complexity index is 1630. The van der Waals surface area contributed by atoms with Gasteiger partial charge in [-0.25, -0.2) is 8.78 Å². The van der Waals surface area contributed by atoms with Crippen LogP contribution in [0, 0.1) is 6.92 Å². The van der Waals surface area contributed by atoms with Gasteiger partial charge >= 0.3 is 0 Å². The maximum Gasteiger partial charge on any atom is 0.220 e. The Kier molecular flexibility index (Phi) is 11.3. The van der Waals surface area contributed by atoms with Crippen molar-refractivity contribution in [2.75, 3.05) is 39.4 Å². The third kappa shape index (κ3) is 8.50. The summed E-state index contributed by atoms with van der Waals surface area (Å²) >= 11 is 6.73. The standard InChI is InChI=1S/C39H48ClF2N3O4/c1-4-47-35-22-36(32(40)20-26(35)23-43-24-27-12-13-37(46)44-27)49-38-30-10-5-9-29(31(30)21-33(38)41)28-8-6-11-34(25(28)2)48-19-7-16-45-17-14-39(3,42)15-18-45/h5-6,8-11,20,22,27,33,38,43H,4,7,12-19,21,23-24H2,1-3H3,(H,44,46)/t27?,33-,38+/m0/s1. The first-order valence-electron chi connectivity index (χ1n) is 17.6. The van der Waals surface area contributed by atoms with Crippen LogP contribution in [0.3, 0.4) is 0 Å². The molecule has 264 valence electrons. The molecule has 2 heterocycles. The molecule has 7 nitrogen and oxygen atoms in total. The topological polar surface area (TPSA) is 72.1 Å². The van der Waals surface area contributed by atoms with E-state index in [4.69, 9.17) is 25.8 Å². The summed E-state index contributed by atoms with van der Waals surface area (Å²) in [5, 5.41) is 6.73.